The Bertz CT molecular complexity index is 461. The van der Waals surface area contributed by atoms with Crippen molar-refractivity contribution in [2.24, 2.45) is 10.9 Å². The molecule has 3 fully saturated rings. The number of nitrogens with zero attached hydrogens (tertiary/aromatic N) is 3. The number of aliphatic imine (C=N–C) groups is 1. The van der Waals surface area contributed by atoms with Gasteiger partial charge in [-0.3, -0.25) is 9.79 Å². The Hall–Kier alpha value is -0.570. The number of hydrogen-bond acceptors (Lipinski definition) is 3. The molecule has 6 nitrogen and oxygen atoms in total. The lowest BCUT2D eigenvalue weighted by Crippen LogP contribution is -2.47. The number of likely N-dealkylation sites (tertiary alicyclic amines) is 2. The smallest absolute Gasteiger partial charge is 0.225 e. The molecule has 150 valence electrons. The summed E-state index contributed by atoms with van der Waals surface area (Å²) < 4.78 is 0. The summed E-state index contributed by atoms with van der Waals surface area (Å²) >= 11 is 0. The fraction of sp³-hybridized carbons (Fsp3) is 0.895. The SMILES string of the molecule is CN=C(NCCN1CCCC1)NC1CCN(C(=O)C2CCCCC2)C1.I. The minimum absolute atomic E-state index is 0. The summed E-state index contributed by atoms with van der Waals surface area (Å²) in [5.41, 5.74) is 0. The molecule has 1 saturated carbocycles. The van der Waals surface area contributed by atoms with Crippen LogP contribution in [0.15, 0.2) is 4.99 Å². The summed E-state index contributed by atoms with van der Waals surface area (Å²) in [5, 5.41) is 6.93. The van der Waals surface area contributed by atoms with Crippen LogP contribution >= 0.6 is 24.0 Å². The molecule has 2 heterocycles. The molecule has 1 amide bonds. The van der Waals surface area contributed by atoms with E-state index in [1.807, 2.05) is 7.05 Å². The number of rotatable bonds is 5. The maximum atomic E-state index is 12.7. The highest BCUT2D eigenvalue weighted by Crippen LogP contribution is 2.26. The molecule has 0 spiro atoms. The van der Waals surface area contributed by atoms with Crippen molar-refractivity contribution in [3.05, 3.63) is 0 Å². The zero-order valence-corrected chi connectivity index (χ0v) is 18.5. The first-order valence-corrected chi connectivity index (χ1v) is 10.2. The van der Waals surface area contributed by atoms with Crippen molar-refractivity contribution < 1.29 is 4.79 Å². The lowest BCUT2D eigenvalue weighted by atomic mass is 9.88. The van der Waals surface area contributed by atoms with E-state index in [4.69, 9.17) is 0 Å². The number of amides is 1. The van der Waals surface area contributed by atoms with E-state index in [9.17, 15) is 4.79 Å². The predicted molar refractivity (Wildman–Crippen MR) is 117 cm³/mol. The second-order valence-corrected chi connectivity index (χ2v) is 7.80. The molecule has 1 aliphatic carbocycles. The van der Waals surface area contributed by atoms with Gasteiger partial charge in [0.25, 0.3) is 0 Å². The Kier molecular flexibility index (Phi) is 9.45. The minimum atomic E-state index is 0. The van der Waals surface area contributed by atoms with Crippen molar-refractivity contribution in [3.8, 4) is 0 Å². The van der Waals surface area contributed by atoms with Crippen molar-refractivity contribution >= 4 is 35.8 Å². The van der Waals surface area contributed by atoms with E-state index in [2.05, 4.69) is 25.4 Å². The van der Waals surface area contributed by atoms with Crippen LogP contribution in [0.25, 0.3) is 0 Å². The van der Waals surface area contributed by atoms with E-state index in [1.54, 1.807) is 0 Å². The van der Waals surface area contributed by atoms with Crippen LogP contribution < -0.4 is 10.6 Å². The van der Waals surface area contributed by atoms with E-state index in [-0.39, 0.29) is 29.9 Å². The van der Waals surface area contributed by atoms with Gasteiger partial charge in [-0.25, -0.2) is 0 Å². The van der Waals surface area contributed by atoms with Crippen LogP contribution in [0.5, 0.6) is 0 Å². The molecule has 2 aliphatic heterocycles. The largest absolute Gasteiger partial charge is 0.355 e. The van der Waals surface area contributed by atoms with E-state index in [1.165, 1.54) is 45.2 Å². The highest BCUT2D eigenvalue weighted by atomic mass is 127. The number of carbonyl (C=O) groups is 1. The topological polar surface area (TPSA) is 60.0 Å². The third-order valence-electron chi connectivity index (χ3n) is 5.94. The zero-order valence-electron chi connectivity index (χ0n) is 16.2. The average molecular weight is 477 g/mol. The van der Waals surface area contributed by atoms with Gasteiger partial charge in [0.05, 0.1) is 0 Å². The van der Waals surface area contributed by atoms with E-state index >= 15 is 0 Å². The van der Waals surface area contributed by atoms with Crippen LogP contribution in [0.2, 0.25) is 0 Å². The molecule has 1 atom stereocenters. The van der Waals surface area contributed by atoms with Crippen molar-refractivity contribution in [3.63, 3.8) is 0 Å². The summed E-state index contributed by atoms with van der Waals surface area (Å²) in [7, 11) is 1.82. The molecule has 0 radical (unpaired) electrons. The lowest BCUT2D eigenvalue weighted by Gasteiger charge is -2.26. The molecule has 2 saturated heterocycles. The van der Waals surface area contributed by atoms with Gasteiger partial charge >= 0.3 is 0 Å². The highest BCUT2D eigenvalue weighted by molar-refractivity contribution is 14.0. The molecule has 0 aromatic rings. The monoisotopic (exact) mass is 477 g/mol. The van der Waals surface area contributed by atoms with E-state index in [0.29, 0.717) is 11.9 Å². The third-order valence-corrected chi connectivity index (χ3v) is 5.94. The minimum Gasteiger partial charge on any atom is -0.355 e. The summed E-state index contributed by atoms with van der Waals surface area (Å²) in [6.07, 6.45) is 9.61. The molecule has 2 N–H and O–H groups in total. The summed E-state index contributed by atoms with van der Waals surface area (Å²) in [6.45, 7) is 6.18. The van der Waals surface area contributed by atoms with Crippen molar-refractivity contribution in [1.29, 1.82) is 0 Å². The van der Waals surface area contributed by atoms with Gasteiger partial charge in [0.15, 0.2) is 5.96 Å². The number of guanidine groups is 1. The van der Waals surface area contributed by atoms with Crippen LogP contribution in [0.4, 0.5) is 0 Å². The molecule has 7 heteroatoms. The number of carbonyl (C=O) groups excluding carboxylic acids is 1. The predicted octanol–water partition coefficient (Wildman–Crippen LogP) is 2.05. The molecular weight excluding hydrogens is 441 g/mol. The maximum absolute atomic E-state index is 12.7. The van der Waals surface area contributed by atoms with Crippen LogP contribution in [-0.4, -0.2) is 74.0 Å². The standard InChI is InChI=1S/C19H35N5O.HI/c1-20-19(21-10-14-23-11-5-6-12-23)22-17-9-13-24(15-17)18(25)16-7-3-2-4-8-16;/h16-17H,2-15H2,1H3,(H2,20,21,22);1H. The van der Waals surface area contributed by atoms with E-state index < -0.39 is 0 Å². The first-order chi connectivity index (χ1) is 12.3. The Morgan fingerprint density at radius 1 is 1.04 bits per heavy atom. The normalized spacial score (nSPS) is 25.2. The maximum Gasteiger partial charge on any atom is 0.225 e. The van der Waals surface area contributed by atoms with Gasteiger partial charge in [-0.2, -0.15) is 0 Å². The third kappa shape index (κ3) is 6.25. The first kappa shape index (κ1) is 21.7. The fourth-order valence-corrected chi connectivity index (χ4v) is 4.41. The Morgan fingerprint density at radius 2 is 1.77 bits per heavy atom. The number of hydrogen-bond donors (Lipinski definition) is 2. The molecular formula is C19H36IN5O. The van der Waals surface area contributed by atoms with Crippen molar-refractivity contribution in [2.45, 2.75) is 57.4 Å². The van der Waals surface area contributed by atoms with Gasteiger partial charge in [-0.15, -0.1) is 24.0 Å². The molecule has 0 bridgehead atoms. The zero-order chi connectivity index (χ0) is 17.5. The fourth-order valence-electron chi connectivity index (χ4n) is 4.41. The molecule has 0 aromatic heterocycles. The van der Waals surface area contributed by atoms with Crippen molar-refractivity contribution in [1.82, 2.24) is 20.4 Å². The van der Waals surface area contributed by atoms with Crippen LogP contribution in [0, 0.1) is 5.92 Å². The molecule has 1 unspecified atom stereocenters. The molecule has 3 rings (SSSR count). The summed E-state index contributed by atoms with van der Waals surface area (Å²) in [6, 6.07) is 0.325. The van der Waals surface area contributed by atoms with Gasteiger partial charge in [0, 0.05) is 45.2 Å². The van der Waals surface area contributed by atoms with Crippen molar-refractivity contribution in [2.75, 3.05) is 46.3 Å². The number of nitrogens with one attached hydrogen (secondary N) is 2. The van der Waals surface area contributed by atoms with Gasteiger partial charge in [-0.05, 0) is 45.2 Å². The van der Waals surface area contributed by atoms with Gasteiger partial charge in [0.2, 0.25) is 5.91 Å². The Labute approximate surface area is 175 Å². The lowest BCUT2D eigenvalue weighted by molar-refractivity contribution is -0.135. The highest BCUT2D eigenvalue weighted by Gasteiger charge is 2.31. The Balaban J connectivity index is 0.00000243. The molecule has 3 aliphatic rings. The quantitative estimate of drug-likeness (QED) is 0.362. The van der Waals surface area contributed by atoms with Gasteiger partial charge in [-0.1, -0.05) is 19.3 Å². The van der Waals surface area contributed by atoms with Crippen LogP contribution in [0.3, 0.4) is 0 Å². The summed E-state index contributed by atoms with van der Waals surface area (Å²) in [5.74, 6) is 1.54. The summed E-state index contributed by atoms with van der Waals surface area (Å²) in [4.78, 5) is 21.6. The van der Waals surface area contributed by atoms with Crippen LogP contribution in [-0.2, 0) is 4.79 Å². The number of halogens is 1. The average Bonchev–Trinajstić information content (AvgIpc) is 3.33. The second-order valence-electron chi connectivity index (χ2n) is 7.80. The van der Waals surface area contributed by atoms with Gasteiger partial charge < -0.3 is 20.4 Å². The van der Waals surface area contributed by atoms with Crippen LogP contribution in [0.1, 0.15) is 51.4 Å². The molecule has 26 heavy (non-hydrogen) atoms. The van der Waals surface area contributed by atoms with E-state index in [0.717, 1.165) is 51.4 Å². The second kappa shape index (κ2) is 11.3. The van der Waals surface area contributed by atoms with Gasteiger partial charge in [0.1, 0.15) is 0 Å². The first-order valence-electron chi connectivity index (χ1n) is 10.2. The molecule has 0 aromatic carbocycles. The Morgan fingerprint density at radius 3 is 2.46 bits per heavy atom.